The van der Waals surface area contributed by atoms with Crippen LogP contribution in [0.3, 0.4) is 0 Å². The summed E-state index contributed by atoms with van der Waals surface area (Å²) < 4.78 is 1.70. The van der Waals surface area contributed by atoms with Gasteiger partial charge in [-0.15, -0.1) is 0 Å². The van der Waals surface area contributed by atoms with Gasteiger partial charge in [0.1, 0.15) is 5.69 Å². The Balaban J connectivity index is 1.68. The molecule has 122 valence electrons. The number of rotatable bonds is 3. The van der Waals surface area contributed by atoms with Crippen LogP contribution in [0.4, 0.5) is 0 Å². The molecular weight excluding hydrogens is 298 g/mol. The molecule has 24 heavy (non-hydrogen) atoms. The van der Waals surface area contributed by atoms with Gasteiger partial charge in [0.25, 0.3) is 5.56 Å². The first kappa shape index (κ1) is 15.1. The fraction of sp³-hybridized carbons (Fsp3) is 0.300. The molecule has 4 rings (SSSR count). The number of para-hydroxylation sites is 2. The molecule has 0 N–H and O–H groups in total. The van der Waals surface area contributed by atoms with E-state index in [1.165, 1.54) is 11.1 Å². The minimum absolute atomic E-state index is 0.00756. The highest BCUT2D eigenvalue weighted by Crippen LogP contribution is 2.35. The SMILES string of the molecule is CN(Cc1nc2ccccc2n(C)c1=O)[C@H]1CCc2ccccc21. The molecule has 0 unspecified atom stereocenters. The van der Waals surface area contributed by atoms with Gasteiger partial charge in [-0.25, -0.2) is 4.98 Å². The van der Waals surface area contributed by atoms with Crippen LogP contribution >= 0.6 is 0 Å². The monoisotopic (exact) mass is 319 g/mol. The number of nitrogens with zero attached hydrogens (tertiary/aromatic N) is 3. The van der Waals surface area contributed by atoms with Crippen molar-refractivity contribution < 1.29 is 0 Å². The third-order valence-corrected chi connectivity index (χ3v) is 5.08. The van der Waals surface area contributed by atoms with E-state index in [9.17, 15) is 4.79 Å². The molecule has 1 aliphatic carbocycles. The van der Waals surface area contributed by atoms with E-state index in [0.717, 1.165) is 23.9 Å². The lowest BCUT2D eigenvalue weighted by molar-refractivity contribution is 0.232. The molecule has 1 heterocycles. The molecule has 4 nitrogen and oxygen atoms in total. The first-order valence-corrected chi connectivity index (χ1v) is 8.38. The fourth-order valence-corrected chi connectivity index (χ4v) is 3.78. The quantitative estimate of drug-likeness (QED) is 0.745. The van der Waals surface area contributed by atoms with Crippen LogP contribution < -0.4 is 5.56 Å². The van der Waals surface area contributed by atoms with E-state index in [1.807, 2.05) is 31.3 Å². The first-order valence-electron chi connectivity index (χ1n) is 8.38. The standard InChI is InChI=1S/C20H21N3O/c1-22(18-12-11-14-7-3-4-8-15(14)18)13-17-20(24)23(2)19-10-6-5-9-16(19)21-17/h3-10,18H,11-13H2,1-2H3/t18-/m0/s1. The number of benzene rings is 2. The Bertz CT molecular complexity index is 961. The van der Waals surface area contributed by atoms with Crippen LogP contribution in [0.15, 0.2) is 53.3 Å². The van der Waals surface area contributed by atoms with Gasteiger partial charge in [-0.2, -0.15) is 0 Å². The predicted molar refractivity (Wildman–Crippen MR) is 96.0 cm³/mol. The van der Waals surface area contributed by atoms with E-state index in [0.29, 0.717) is 18.3 Å². The smallest absolute Gasteiger partial charge is 0.273 e. The molecule has 3 aromatic rings. The zero-order valence-corrected chi connectivity index (χ0v) is 14.1. The highest BCUT2D eigenvalue weighted by molar-refractivity contribution is 5.74. The lowest BCUT2D eigenvalue weighted by Gasteiger charge is -2.25. The summed E-state index contributed by atoms with van der Waals surface area (Å²) in [6.07, 6.45) is 2.21. The van der Waals surface area contributed by atoms with Crippen molar-refractivity contribution >= 4 is 11.0 Å². The molecule has 1 aliphatic rings. The van der Waals surface area contributed by atoms with Crippen LogP contribution in [0.5, 0.6) is 0 Å². The van der Waals surface area contributed by atoms with Gasteiger partial charge >= 0.3 is 0 Å². The Morgan fingerprint density at radius 2 is 1.92 bits per heavy atom. The van der Waals surface area contributed by atoms with E-state index >= 15 is 0 Å². The molecule has 0 saturated heterocycles. The second-order valence-electron chi connectivity index (χ2n) is 6.58. The molecule has 2 aromatic carbocycles. The molecule has 0 saturated carbocycles. The maximum absolute atomic E-state index is 12.7. The molecule has 1 aromatic heterocycles. The second-order valence-corrected chi connectivity index (χ2v) is 6.58. The van der Waals surface area contributed by atoms with Gasteiger partial charge in [-0.05, 0) is 43.1 Å². The van der Waals surface area contributed by atoms with Gasteiger partial charge < -0.3 is 4.57 Å². The zero-order valence-electron chi connectivity index (χ0n) is 14.1. The van der Waals surface area contributed by atoms with E-state index in [-0.39, 0.29) is 5.56 Å². The fourth-order valence-electron chi connectivity index (χ4n) is 3.78. The van der Waals surface area contributed by atoms with Crippen molar-refractivity contribution in [3.63, 3.8) is 0 Å². The molecule has 0 fully saturated rings. The molecule has 0 aliphatic heterocycles. The third kappa shape index (κ3) is 2.43. The first-order chi connectivity index (χ1) is 11.6. The molecule has 0 amide bonds. The number of aromatic nitrogens is 2. The van der Waals surface area contributed by atoms with E-state index < -0.39 is 0 Å². The van der Waals surface area contributed by atoms with Crippen molar-refractivity contribution in [3.8, 4) is 0 Å². The summed E-state index contributed by atoms with van der Waals surface area (Å²) >= 11 is 0. The Hall–Kier alpha value is -2.46. The summed E-state index contributed by atoms with van der Waals surface area (Å²) in [7, 11) is 3.91. The summed E-state index contributed by atoms with van der Waals surface area (Å²) in [6.45, 7) is 0.566. The lowest BCUT2D eigenvalue weighted by atomic mass is 10.1. The van der Waals surface area contributed by atoms with Gasteiger partial charge in [-0.3, -0.25) is 9.69 Å². The van der Waals surface area contributed by atoms with Crippen molar-refractivity contribution in [1.82, 2.24) is 14.5 Å². The van der Waals surface area contributed by atoms with Crippen molar-refractivity contribution in [2.24, 2.45) is 7.05 Å². The molecular formula is C20H21N3O. The van der Waals surface area contributed by atoms with Crippen molar-refractivity contribution in [3.05, 3.63) is 75.7 Å². The third-order valence-electron chi connectivity index (χ3n) is 5.08. The van der Waals surface area contributed by atoms with Gasteiger partial charge in [0.05, 0.1) is 11.0 Å². The van der Waals surface area contributed by atoms with Gasteiger partial charge in [0.2, 0.25) is 0 Å². The molecule has 0 spiro atoms. The van der Waals surface area contributed by atoms with Crippen LogP contribution in [0, 0.1) is 0 Å². The maximum Gasteiger partial charge on any atom is 0.273 e. The summed E-state index contributed by atoms with van der Waals surface area (Å²) in [4.78, 5) is 19.5. The highest BCUT2D eigenvalue weighted by Gasteiger charge is 2.26. The number of hydrogen-bond donors (Lipinski definition) is 0. The summed E-state index contributed by atoms with van der Waals surface area (Å²) in [5, 5.41) is 0. The summed E-state index contributed by atoms with van der Waals surface area (Å²) in [5.74, 6) is 0. The van der Waals surface area contributed by atoms with Crippen LogP contribution in [0.1, 0.15) is 29.3 Å². The maximum atomic E-state index is 12.7. The van der Waals surface area contributed by atoms with E-state index in [4.69, 9.17) is 0 Å². The van der Waals surface area contributed by atoms with Crippen LogP contribution in [-0.4, -0.2) is 21.5 Å². The van der Waals surface area contributed by atoms with Crippen molar-refractivity contribution in [2.45, 2.75) is 25.4 Å². The van der Waals surface area contributed by atoms with E-state index in [2.05, 4.69) is 41.2 Å². The van der Waals surface area contributed by atoms with Crippen LogP contribution in [-0.2, 0) is 20.0 Å². The van der Waals surface area contributed by atoms with Crippen molar-refractivity contribution in [1.29, 1.82) is 0 Å². The normalized spacial score (nSPS) is 16.7. The molecule has 0 bridgehead atoms. The number of aryl methyl sites for hydroxylation is 2. The second kappa shape index (κ2) is 5.87. The average Bonchev–Trinajstić information content (AvgIpc) is 3.03. The van der Waals surface area contributed by atoms with Gasteiger partial charge in [0.15, 0.2) is 0 Å². The summed E-state index contributed by atoms with van der Waals surface area (Å²) in [5.41, 5.74) is 5.16. The Labute approximate surface area is 141 Å². The minimum atomic E-state index is -0.00756. The van der Waals surface area contributed by atoms with Crippen LogP contribution in [0.2, 0.25) is 0 Å². The summed E-state index contributed by atoms with van der Waals surface area (Å²) in [6, 6.07) is 16.8. The topological polar surface area (TPSA) is 38.1 Å². The Morgan fingerprint density at radius 1 is 1.17 bits per heavy atom. The van der Waals surface area contributed by atoms with E-state index in [1.54, 1.807) is 4.57 Å². The van der Waals surface area contributed by atoms with Crippen molar-refractivity contribution in [2.75, 3.05) is 7.05 Å². The van der Waals surface area contributed by atoms with Crippen LogP contribution in [0.25, 0.3) is 11.0 Å². The number of hydrogen-bond acceptors (Lipinski definition) is 3. The minimum Gasteiger partial charge on any atom is -0.308 e. The zero-order chi connectivity index (χ0) is 16.7. The van der Waals surface area contributed by atoms with Gasteiger partial charge in [0, 0.05) is 19.6 Å². The van der Waals surface area contributed by atoms with Gasteiger partial charge in [-0.1, -0.05) is 36.4 Å². The highest BCUT2D eigenvalue weighted by atomic mass is 16.1. The molecule has 0 radical (unpaired) electrons. The largest absolute Gasteiger partial charge is 0.308 e. The Kier molecular flexibility index (Phi) is 3.69. The molecule has 4 heteroatoms. The lowest BCUT2D eigenvalue weighted by Crippen LogP contribution is -2.30. The Morgan fingerprint density at radius 3 is 2.79 bits per heavy atom. The predicted octanol–water partition coefficient (Wildman–Crippen LogP) is 3.05. The number of fused-ring (bicyclic) bond motifs is 2. The molecule has 1 atom stereocenters. The average molecular weight is 319 g/mol.